The SMILES string of the molecule is NNc1nc(Cc2cccc(Br)c2)nc2c1COCC2. The minimum atomic E-state index is 0.520. The van der Waals surface area contributed by atoms with Gasteiger partial charge in [-0.1, -0.05) is 28.1 Å². The van der Waals surface area contributed by atoms with Crippen LogP contribution in [0.1, 0.15) is 22.6 Å². The van der Waals surface area contributed by atoms with E-state index in [1.165, 1.54) is 0 Å². The first-order valence-corrected chi connectivity index (χ1v) is 7.23. The van der Waals surface area contributed by atoms with Crippen molar-refractivity contribution in [3.8, 4) is 0 Å². The summed E-state index contributed by atoms with van der Waals surface area (Å²) in [6.07, 6.45) is 1.49. The summed E-state index contributed by atoms with van der Waals surface area (Å²) in [4.78, 5) is 9.13. The average molecular weight is 335 g/mol. The van der Waals surface area contributed by atoms with Crippen molar-refractivity contribution in [2.45, 2.75) is 19.4 Å². The van der Waals surface area contributed by atoms with Crippen LogP contribution in [0.4, 0.5) is 5.82 Å². The van der Waals surface area contributed by atoms with Crippen molar-refractivity contribution in [1.82, 2.24) is 9.97 Å². The largest absolute Gasteiger partial charge is 0.376 e. The van der Waals surface area contributed by atoms with Gasteiger partial charge in [-0.15, -0.1) is 0 Å². The van der Waals surface area contributed by atoms with Crippen LogP contribution in [0.15, 0.2) is 28.7 Å². The maximum Gasteiger partial charge on any atom is 0.149 e. The molecule has 0 fully saturated rings. The third kappa shape index (κ3) is 2.82. The number of hydrogen-bond acceptors (Lipinski definition) is 5. The molecule has 104 valence electrons. The first-order chi connectivity index (χ1) is 9.76. The highest BCUT2D eigenvalue weighted by atomic mass is 79.9. The molecule has 3 N–H and O–H groups in total. The predicted octanol–water partition coefficient (Wildman–Crippen LogP) is 2.19. The number of hydrogen-bond donors (Lipinski definition) is 2. The van der Waals surface area contributed by atoms with Crippen LogP contribution < -0.4 is 11.3 Å². The molecule has 1 aromatic heterocycles. The molecule has 1 aliphatic rings. The van der Waals surface area contributed by atoms with Gasteiger partial charge < -0.3 is 10.2 Å². The van der Waals surface area contributed by atoms with Crippen molar-refractivity contribution < 1.29 is 4.74 Å². The Balaban J connectivity index is 1.94. The number of halogens is 1. The molecule has 0 amide bonds. The van der Waals surface area contributed by atoms with E-state index in [4.69, 9.17) is 10.6 Å². The van der Waals surface area contributed by atoms with E-state index >= 15 is 0 Å². The number of aromatic nitrogens is 2. The molecule has 0 saturated carbocycles. The van der Waals surface area contributed by atoms with Crippen molar-refractivity contribution in [2.75, 3.05) is 12.0 Å². The second kappa shape index (κ2) is 5.87. The highest BCUT2D eigenvalue weighted by Crippen LogP contribution is 2.22. The van der Waals surface area contributed by atoms with E-state index in [1.54, 1.807) is 0 Å². The summed E-state index contributed by atoms with van der Waals surface area (Å²) in [5.41, 5.74) is 5.81. The minimum Gasteiger partial charge on any atom is -0.376 e. The van der Waals surface area contributed by atoms with Crippen molar-refractivity contribution in [3.63, 3.8) is 0 Å². The third-order valence-corrected chi connectivity index (χ3v) is 3.75. The number of rotatable bonds is 3. The van der Waals surface area contributed by atoms with E-state index in [-0.39, 0.29) is 0 Å². The van der Waals surface area contributed by atoms with E-state index in [0.29, 0.717) is 25.5 Å². The van der Waals surface area contributed by atoms with Gasteiger partial charge in [0.2, 0.25) is 0 Å². The lowest BCUT2D eigenvalue weighted by atomic mass is 10.1. The number of anilines is 1. The maximum atomic E-state index is 5.56. The zero-order valence-electron chi connectivity index (χ0n) is 10.9. The normalized spacial score (nSPS) is 13.9. The fourth-order valence-corrected chi connectivity index (χ4v) is 2.76. The molecule has 0 atom stereocenters. The van der Waals surface area contributed by atoms with Crippen LogP contribution in [0, 0.1) is 0 Å². The predicted molar refractivity (Wildman–Crippen MR) is 80.2 cm³/mol. The average Bonchev–Trinajstić information content (AvgIpc) is 2.46. The molecule has 20 heavy (non-hydrogen) atoms. The zero-order valence-corrected chi connectivity index (χ0v) is 12.5. The van der Waals surface area contributed by atoms with Gasteiger partial charge >= 0.3 is 0 Å². The Morgan fingerprint density at radius 2 is 2.25 bits per heavy atom. The lowest BCUT2D eigenvalue weighted by molar-refractivity contribution is 0.109. The number of nitrogen functional groups attached to an aromatic ring is 1. The smallest absolute Gasteiger partial charge is 0.149 e. The van der Waals surface area contributed by atoms with Crippen molar-refractivity contribution >= 4 is 21.7 Å². The molecule has 0 radical (unpaired) electrons. The van der Waals surface area contributed by atoms with Gasteiger partial charge in [0, 0.05) is 22.9 Å². The number of ether oxygens (including phenoxy) is 1. The van der Waals surface area contributed by atoms with E-state index < -0.39 is 0 Å². The summed E-state index contributed by atoms with van der Waals surface area (Å²) in [7, 11) is 0. The minimum absolute atomic E-state index is 0.520. The molecule has 0 unspecified atom stereocenters. The lowest BCUT2D eigenvalue weighted by Gasteiger charge is -2.19. The van der Waals surface area contributed by atoms with E-state index in [9.17, 15) is 0 Å². The second-order valence-electron chi connectivity index (χ2n) is 4.67. The molecule has 1 aromatic carbocycles. The van der Waals surface area contributed by atoms with Crippen molar-refractivity contribution in [1.29, 1.82) is 0 Å². The van der Waals surface area contributed by atoms with Gasteiger partial charge in [-0.3, -0.25) is 0 Å². The fraction of sp³-hybridized carbons (Fsp3) is 0.286. The van der Waals surface area contributed by atoms with Crippen LogP contribution in [0.3, 0.4) is 0 Å². The molecule has 5 nitrogen and oxygen atoms in total. The van der Waals surface area contributed by atoms with Gasteiger partial charge in [0.05, 0.1) is 18.9 Å². The van der Waals surface area contributed by atoms with Gasteiger partial charge in [-0.2, -0.15) is 0 Å². The number of benzene rings is 1. The van der Waals surface area contributed by atoms with Crippen LogP contribution in [0.2, 0.25) is 0 Å². The first kappa shape index (κ1) is 13.5. The Morgan fingerprint density at radius 3 is 3.05 bits per heavy atom. The summed E-state index contributed by atoms with van der Waals surface area (Å²) in [6, 6.07) is 8.14. The molecule has 0 spiro atoms. The number of nitrogens with two attached hydrogens (primary N) is 1. The summed E-state index contributed by atoms with van der Waals surface area (Å²) >= 11 is 3.47. The molecule has 2 heterocycles. The van der Waals surface area contributed by atoms with E-state index in [0.717, 1.165) is 33.5 Å². The van der Waals surface area contributed by atoms with Crippen molar-refractivity contribution in [2.24, 2.45) is 5.84 Å². The van der Waals surface area contributed by atoms with Gasteiger partial charge in [-0.05, 0) is 17.7 Å². The standard InChI is InChI=1S/C14H15BrN4O/c15-10-3-1-2-9(6-10)7-13-17-12-4-5-20-8-11(12)14(18-13)19-16/h1-3,6H,4-5,7-8,16H2,(H,17,18,19). The molecule has 0 saturated heterocycles. The molecule has 0 aliphatic carbocycles. The van der Waals surface area contributed by atoms with E-state index in [1.807, 2.05) is 12.1 Å². The summed E-state index contributed by atoms with van der Waals surface area (Å²) in [6.45, 7) is 1.22. The Hall–Kier alpha value is -1.50. The Morgan fingerprint density at radius 1 is 1.35 bits per heavy atom. The highest BCUT2D eigenvalue weighted by Gasteiger charge is 2.17. The Labute approximate surface area is 125 Å². The molecule has 1 aliphatic heterocycles. The molecule has 2 aromatic rings. The maximum absolute atomic E-state index is 5.56. The molecule has 0 bridgehead atoms. The molecule has 3 rings (SSSR count). The monoisotopic (exact) mass is 334 g/mol. The zero-order chi connectivity index (χ0) is 13.9. The number of fused-ring (bicyclic) bond motifs is 1. The topological polar surface area (TPSA) is 73.1 Å². The molecular formula is C14H15BrN4O. The number of nitrogens with zero attached hydrogens (tertiary/aromatic N) is 2. The van der Waals surface area contributed by atoms with Crippen molar-refractivity contribution in [3.05, 3.63) is 51.4 Å². The molecular weight excluding hydrogens is 320 g/mol. The quantitative estimate of drug-likeness (QED) is 0.664. The van der Waals surface area contributed by atoms with Crippen LogP contribution in [0.5, 0.6) is 0 Å². The van der Waals surface area contributed by atoms with Crippen LogP contribution in [0.25, 0.3) is 0 Å². The third-order valence-electron chi connectivity index (χ3n) is 3.26. The van der Waals surface area contributed by atoms with Crippen LogP contribution >= 0.6 is 15.9 Å². The van der Waals surface area contributed by atoms with Crippen LogP contribution in [-0.2, 0) is 24.2 Å². The Kier molecular flexibility index (Phi) is 3.95. The van der Waals surface area contributed by atoms with E-state index in [2.05, 4.69) is 43.5 Å². The summed E-state index contributed by atoms with van der Waals surface area (Å²) in [5.74, 6) is 7.00. The van der Waals surface area contributed by atoms with Gasteiger partial charge in [0.15, 0.2) is 0 Å². The fourth-order valence-electron chi connectivity index (χ4n) is 2.31. The highest BCUT2D eigenvalue weighted by molar-refractivity contribution is 9.10. The van der Waals surface area contributed by atoms with Crippen LogP contribution in [-0.4, -0.2) is 16.6 Å². The summed E-state index contributed by atoms with van der Waals surface area (Å²) < 4.78 is 6.48. The number of hydrazine groups is 1. The Bertz CT molecular complexity index is 615. The van der Waals surface area contributed by atoms with Gasteiger partial charge in [-0.25, -0.2) is 15.8 Å². The summed E-state index contributed by atoms with van der Waals surface area (Å²) in [5, 5.41) is 0. The lowest BCUT2D eigenvalue weighted by Crippen LogP contribution is -2.20. The van der Waals surface area contributed by atoms with Gasteiger partial charge in [0.25, 0.3) is 0 Å². The number of nitrogens with one attached hydrogen (secondary N) is 1. The molecule has 6 heteroatoms. The van der Waals surface area contributed by atoms with Gasteiger partial charge in [0.1, 0.15) is 11.6 Å². The first-order valence-electron chi connectivity index (χ1n) is 6.44. The second-order valence-corrected chi connectivity index (χ2v) is 5.58.